The molecule has 0 fully saturated rings. The number of allylic oxidation sites excluding steroid dienone is 1. The first-order chi connectivity index (χ1) is 21.0. The predicted octanol–water partition coefficient (Wildman–Crippen LogP) is 10.5. The summed E-state index contributed by atoms with van der Waals surface area (Å²) in [6.45, 7) is 13.1. The lowest BCUT2D eigenvalue weighted by Gasteiger charge is -2.21. The molecule has 4 aromatic carbocycles. The second-order valence-corrected chi connectivity index (χ2v) is 12.8. The number of carboxylic acids is 1. The lowest BCUT2D eigenvalue weighted by atomic mass is 9.85. The minimum Gasteiger partial charge on any atom is -0.496 e. The van der Waals surface area contributed by atoms with Gasteiger partial charge in [0.2, 0.25) is 0 Å². The fourth-order valence-electron chi connectivity index (χ4n) is 5.86. The van der Waals surface area contributed by atoms with Gasteiger partial charge in [-0.3, -0.25) is 0 Å². The van der Waals surface area contributed by atoms with Crippen molar-refractivity contribution >= 4 is 34.2 Å². The zero-order valence-corrected chi connectivity index (χ0v) is 26.8. The van der Waals surface area contributed by atoms with Crippen LogP contribution >= 0.6 is 11.6 Å². The maximum absolute atomic E-state index is 12.7. The lowest BCUT2D eigenvalue weighted by molar-refractivity contribution is 0.0697. The summed E-state index contributed by atoms with van der Waals surface area (Å²) >= 11 is 6.48. The molecule has 1 unspecified atom stereocenters. The Morgan fingerprint density at radius 1 is 1.00 bits per heavy atom. The number of methoxy groups -OCH3 is 1. The third kappa shape index (κ3) is 6.44. The minimum absolute atomic E-state index is 0.00322. The molecule has 5 nitrogen and oxygen atoms in total. The number of aromatic carboxylic acids is 1. The molecule has 0 bridgehead atoms. The Morgan fingerprint density at radius 3 is 2.45 bits per heavy atom. The van der Waals surface area contributed by atoms with Crippen LogP contribution in [0.5, 0.6) is 5.75 Å². The van der Waals surface area contributed by atoms with Gasteiger partial charge in [-0.15, -0.1) is 0 Å². The molecular weight excluding hydrogens is 568 g/mol. The van der Waals surface area contributed by atoms with Crippen LogP contribution in [-0.4, -0.2) is 28.2 Å². The number of aromatic nitrogens is 2. The van der Waals surface area contributed by atoms with E-state index >= 15 is 0 Å². The second kappa shape index (κ2) is 12.7. The van der Waals surface area contributed by atoms with Gasteiger partial charge in [-0.1, -0.05) is 88.7 Å². The number of hydrogen-bond acceptors (Lipinski definition) is 3. The number of hydrogen-bond donors (Lipinski definition) is 2. The van der Waals surface area contributed by atoms with Crippen molar-refractivity contribution in [1.82, 2.24) is 9.97 Å². The SMILES string of the molecule is C=C(CC(CCC)c1ccccc1OC)c1ccc(-c2cc(Cl)ccc2-c2nc3ccc(C(C)(C)C)cc3[nH]2)c(C(=O)O)c1. The third-order valence-electron chi connectivity index (χ3n) is 8.24. The van der Waals surface area contributed by atoms with E-state index in [0.717, 1.165) is 51.9 Å². The van der Waals surface area contributed by atoms with Crippen molar-refractivity contribution in [3.63, 3.8) is 0 Å². The number of nitrogens with one attached hydrogen (secondary N) is 1. The van der Waals surface area contributed by atoms with Gasteiger partial charge in [0.05, 0.1) is 23.7 Å². The van der Waals surface area contributed by atoms with Crippen molar-refractivity contribution in [1.29, 1.82) is 0 Å². The Labute approximate surface area is 264 Å². The first kappa shape index (κ1) is 31.1. The standard InChI is InChI=1S/C38H39ClN2O3/c1-7-10-25(28-11-8-9-12-35(28)44-6)19-23(2)24-13-16-29(32(20-24)37(42)43)31-22-27(39)15-17-30(31)36-40-33-18-14-26(38(3,4)5)21-34(33)41-36/h8-9,11-18,20-22,25H,2,7,10,19H2,1,3-6H3,(H,40,41)(H,42,43). The Morgan fingerprint density at radius 2 is 1.75 bits per heavy atom. The highest BCUT2D eigenvalue weighted by atomic mass is 35.5. The van der Waals surface area contributed by atoms with Crippen LogP contribution in [-0.2, 0) is 5.41 Å². The molecule has 0 aliphatic heterocycles. The zero-order chi connectivity index (χ0) is 31.6. The number of nitrogens with zero attached hydrogens (tertiary/aromatic N) is 1. The Kier molecular flexibility index (Phi) is 8.98. The number of benzene rings is 4. The van der Waals surface area contributed by atoms with Crippen molar-refractivity contribution in [3.05, 3.63) is 113 Å². The van der Waals surface area contributed by atoms with E-state index in [2.05, 4.69) is 57.5 Å². The number of para-hydroxylation sites is 1. The van der Waals surface area contributed by atoms with E-state index in [1.54, 1.807) is 25.3 Å². The average molecular weight is 607 g/mol. The molecule has 0 aliphatic carbocycles. The van der Waals surface area contributed by atoms with E-state index in [1.807, 2.05) is 42.5 Å². The van der Waals surface area contributed by atoms with Gasteiger partial charge in [-0.2, -0.15) is 0 Å². The van der Waals surface area contributed by atoms with Crippen LogP contribution in [0.2, 0.25) is 5.02 Å². The van der Waals surface area contributed by atoms with Crippen LogP contribution in [0.3, 0.4) is 0 Å². The summed E-state index contributed by atoms with van der Waals surface area (Å²) < 4.78 is 5.65. The molecule has 1 aromatic heterocycles. The molecule has 5 rings (SSSR count). The van der Waals surface area contributed by atoms with Gasteiger partial charge < -0.3 is 14.8 Å². The van der Waals surface area contributed by atoms with Gasteiger partial charge in [0.25, 0.3) is 0 Å². The number of carbonyl (C=O) groups is 1. The topological polar surface area (TPSA) is 75.2 Å². The molecule has 6 heteroatoms. The van der Waals surface area contributed by atoms with Gasteiger partial charge in [0.15, 0.2) is 0 Å². The Balaban J connectivity index is 1.54. The van der Waals surface area contributed by atoms with E-state index in [0.29, 0.717) is 28.4 Å². The van der Waals surface area contributed by atoms with Crippen LogP contribution in [0.25, 0.3) is 39.1 Å². The Bertz CT molecular complexity index is 1850. The van der Waals surface area contributed by atoms with E-state index < -0.39 is 5.97 Å². The molecular formula is C38H39ClN2O3. The van der Waals surface area contributed by atoms with Crippen molar-refractivity contribution < 1.29 is 14.6 Å². The van der Waals surface area contributed by atoms with Crippen molar-refractivity contribution in [2.75, 3.05) is 7.11 Å². The molecule has 2 N–H and O–H groups in total. The largest absolute Gasteiger partial charge is 0.496 e. The van der Waals surface area contributed by atoms with E-state index in [-0.39, 0.29) is 16.9 Å². The molecule has 0 amide bonds. The van der Waals surface area contributed by atoms with Gasteiger partial charge in [0.1, 0.15) is 11.6 Å². The van der Waals surface area contributed by atoms with Crippen LogP contribution < -0.4 is 4.74 Å². The summed E-state index contributed by atoms with van der Waals surface area (Å²) in [7, 11) is 1.69. The van der Waals surface area contributed by atoms with Crippen molar-refractivity contribution in [2.24, 2.45) is 0 Å². The van der Waals surface area contributed by atoms with Crippen LogP contribution in [0.4, 0.5) is 0 Å². The maximum atomic E-state index is 12.7. The number of aromatic amines is 1. The molecule has 0 saturated heterocycles. The van der Waals surface area contributed by atoms with E-state index in [1.165, 1.54) is 5.56 Å². The van der Waals surface area contributed by atoms with E-state index in [9.17, 15) is 9.90 Å². The van der Waals surface area contributed by atoms with Gasteiger partial charge >= 0.3 is 5.97 Å². The fourth-order valence-corrected chi connectivity index (χ4v) is 6.03. The van der Waals surface area contributed by atoms with Crippen LogP contribution in [0.15, 0.2) is 85.4 Å². The average Bonchev–Trinajstić information content (AvgIpc) is 3.43. The predicted molar refractivity (Wildman–Crippen MR) is 182 cm³/mol. The summed E-state index contributed by atoms with van der Waals surface area (Å²) in [4.78, 5) is 21.0. The maximum Gasteiger partial charge on any atom is 0.336 e. The molecule has 0 spiro atoms. The quantitative estimate of drug-likeness (QED) is 0.166. The molecule has 1 atom stereocenters. The number of rotatable bonds is 10. The summed E-state index contributed by atoms with van der Waals surface area (Å²) in [5.41, 5.74) is 7.99. The number of imidazole rings is 1. The summed E-state index contributed by atoms with van der Waals surface area (Å²) in [6, 6.07) is 25.3. The van der Waals surface area contributed by atoms with Crippen molar-refractivity contribution in [3.8, 4) is 28.3 Å². The molecule has 0 saturated carbocycles. The summed E-state index contributed by atoms with van der Waals surface area (Å²) in [5, 5.41) is 10.9. The number of ether oxygens (including phenoxy) is 1. The molecule has 0 radical (unpaired) electrons. The second-order valence-electron chi connectivity index (χ2n) is 12.4. The molecule has 0 aliphatic rings. The molecule has 5 aromatic rings. The smallest absolute Gasteiger partial charge is 0.336 e. The monoisotopic (exact) mass is 606 g/mol. The van der Waals surface area contributed by atoms with Crippen molar-refractivity contribution in [2.45, 2.75) is 58.3 Å². The van der Waals surface area contributed by atoms with E-state index in [4.69, 9.17) is 21.3 Å². The minimum atomic E-state index is -1.02. The number of halogens is 1. The van der Waals surface area contributed by atoms with Crippen LogP contribution in [0.1, 0.15) is 79.9 Å². The number of fused-ring (bicyclic) bond motifs is 1. The Hall–Kier alpha value is -4.35. The number of carboxylic acid groups (broad SMARTS) is 1. The van der Waals surface area contributed by atoms with Gasteiger partial charge in [-0.25, -0.2) is 9.78 Å². The first-order valence-corrected chi connectivity index (χ1v) is 15.4. The lowest BCUT2D eigenvalue weighted by Crippen LogP contribution is -2.10. The highest BCUT2D eigenvalue weighted by Crippen LogP contribution is 2.40. The fraction of sp³-hybridized carbons (Fsp3) is 0.263. The number of H-pyrrole nitrogens is 1. The highest BCUT2D eigenvalue weighted by Gasteiger charge is 2.22. The molecule has 44 heavy (non-hydrogen) atoms. The van der Waals surface area contributed by atoms with Gasteiger partial charge in [0, 0.05) is 10.6 Å². The zero-order valence-electron chi connectivity index (χ0n) is 26.0. The highest BCUT2D eigenvalue weighted by molar-refractivity contribution is 6.31. The first-order valence-electron chi connectivity index (χ1n) is 15.0. The normalized spacial score (nSPS) is 12.3. The third-order valence-corrected chi connectivity index (χ3v) is 8.48. The summed E-state index contributed by atoms with van der Waals surface area (Å²) in [5.74, 6) is 0.689. The molecule has 1 heterocycles. The molecule has 226 valence electrons. The summed E-state index contributed by atoms with van der Waals surface area (Å²) in [6.07, 6.45) is 2.65. The van der Waals surface area contributed by atoms with Gasteiger partial charge in [-0.05, 0) is 100 Å². The van der Waals surface area contributed by atoms with Crippen LogP contribution in [0, 0.1) is 0 Å².